The number of fused-ring (bicyclic) bond motifs is 1. The molecule has 4 rings (SSSR count). The number of rotatable bonds is 7. The molecule has 0 saturated heterocycles. The van der Waals surface area contributed by atoms with E-state index in [2.05, 4.69) is 22.5 Å². The highest BCUT2D eigenvalue weighted by molar-refractivity contribution is 6.30. The summed E-state index contributed by atoms with van der Waals surface area (Å²) in [5.41, 5.74) is 2.83. The summed E-state index contributed by atoms with van der Waals surface area (Å²) >= 11 is 6.10. The summed E-state index contributed by atoms with van der Waals surface area (Å²) in [6.45, 7) is 2.66. The number of amides is 1. The van der Waals surface area contributed by atoms with Gasteiger partial charge in [-0.25, -0.2) is 0 Å². The van der Waals surface area contributed by atoms with Crippen LogP contribution in [-0.2, 0) is 19.4 Å². The van der Waals surface area contributed by atoms with Crippen LogP contribution in [0.15, 0.2) is 35.1 Å². The Morgan fingerprint density at radius 3 is 3.10 bits per heavy atom. The molecular formula is C22H25ClN4O3. The third-order valence-electron chi connectivity index (χ3n) is 5.52. The Labute approximate surface area is 180 Å². The van der Waals surface area contributed by atoms with Crippen LogP contribution >= 0.6 is 11.6 Å². The van der Waals surface area contributed by atoms with E-state index in [1.165, 1.54) is 0 Å². The lowest BCUT2D eigenvalue weighted by Crippen LogP contribution is -2.18. The van der Waals surface area contributed by atoms with Gasteiger partial charge in [0.05, 0.1) is 25.5 Å². The molecule has 1 aromatic carbocycles. The number of ether oxygens (including phenoxy) is 1. The first kappa shape index (κ1) is 20.5. The summed E-state index contributed by atoms with van der Waals surface area (Å²) in [5, 5.41) is 11.9. The topological polar surface area (TPSA) is 82.2 Å². The van der Waals surface area contributed by atoms with Gasteiger partial charge in [0.15, 0.2) is 5.69 Å². The first-order valence-corrected chi connectivity index (χ1v) is 10.6. The fourth-order valence-electron chi connectivity index (χ4n) is 4.06. The zero-order valence-electron chi connectivity index (χ0n) is 17.2. The number of nitrogens with zero attached hydrogens (tertiary/aromatic N) is 3. The monoisotopic (exact) mass is 428 g/mol. The summed E-state index contributed by atoms with van der Waals surface area (Å²) in [5.74, 6) is 1.90. The van der Waals surface area contributed by atoms with Crippen LogP contribution in [0.1, 0.15) is 53.6 Å². The fourth-order valence-corrected chi connectivity index (χ4v) is 4.25. The zero-order chi connectivity index (χ0) is 21.1. The number of hydrogen-bond donors (Lipinski definition) is 1. The van der Waals surface area contributed by atoms with Gasteiger partial charge in [-0.05, 0) is 37.0 Å². The Balaban J connectivity index is 1.46. The Morgan fingerprint density at radius 2 is 2.30 bits per heavy atom. The summed E-state index contributed by atoms with van der Waals surface area (Å²) in [6.07, 6.45) is 8.47. The number of carbonyl (C=O) groups is 1. The van der Waals surface area contributed by atoms with E-state index in [-0.39, 0.29) is 5.91 Å². The van der Waals surface area contributed by atoms with Crippen molar-refractivity contribution in [2.75, 3.05) is 12.4 Å². The smallest absolute Gasteiger partial charge is 0.278 e. The van der Waals surface area contributed by atoms with Crippen LogP contribution in [0.25, 0.3) is 0 Å². The Kier molecular flexibility index (Phi) is 6.08. The molecular weight excluding hydrogens is 404 g/mol. The fraction of sp³-hybridized carbons (Fsp3) is 0.409. The second-order valence-electron chi connectivity index (χ2n) is 7.67. The number of halogens is 1. The van der Waals surface area contributed by atoms with Crippen LogP contribution in [0.5, 0.6) is 5.75 Å². The maximum absolute atomic E-state index is 12.8. The molecule has 158 valence electrons. The highest BCUT2D eigenvalue weighted by atomic mass is 35.5. The predicted octanol–water partition coefficient (Wildman–Crippen LogP) is 4.74. The van der Waals surface area contributed by atoms with Crippen molar-refractivity contribution in [1.82, 2.24) is 14.9 Å². The highest BCUT2D eigenvalue weighted by Crippen LogP contribution is 2.31. The van der Waals surface area contributed by atoms with Gasteiger partial charge in [0.25, 0.3) is 5.91 Å². The third kappa shape index (κ3) is 4.36. The molecule has 1 N–H and O–H groups in total. The van der Waals surface area contributed by atoms with Gasteiger partial charge in [0, 0.05) is 28.8 Å². The number of aromatic nitrogens is 3. The number of benzene rings is 1. The lowest BCUT2D eigenvalue weighted by Gasteiger charge is -2.20. The van der Waals surface area contributed by atoms with E-state index in [4.69, 9.17) is 20.9 Å². The summed E-state index contributed by atoms with van der Waals surface area (Å²) in [4.78, 5) is 12.8. The molecule has 1 unspecified atom stereocenters. The molecule has 7 nitrogen and oxygen atoms in total. The molecule has 0 aliphatic heterocycles. The van der Waals surface area contributed by atoms with Crippen LogP contribution in [0.2, 0.25) is 5.02 Å². The van der Waals surface area contributed by atoms with Crippen molar-refractivity contribution in [1.29, 1.82) is 0 Å². The average Bonchev–Trinajstić information content (AvgIpc) is 3.35. The first-order chi connectivity index (χ1) is 14.6. The van der Waals surface area contributed by atoms with E-state index < -0.39 is 0 Å². The van der Waals surface area contributed by atoms with Gasteiger partial charge in [-0.2, -0.15) is 5.10 Å². The van der Waals surface area contributed by atoms with E-state index in [1.54, 1.807) is 30.3 Å². The van der Waals surface area contributed by atoms with E-state index >= 15 is 0 Å². The molecule has 1 aliphatic rings. The van der Waals surface area contributed by atoms with E-state index in [0.717, 1.165) is 54.7 Å². The van der Waals surface area contributed by atoms with Crippen LogP contribution in [0, 0.1) is 5.92 Å². The number of carbonyl (C=O) groups excluding carboxylic acids is 1. The van der Waals surface area contributed by atoms with E-state index in [9.17, 15) is 4.79 Å². The van der Waals surface area contributed by atoms with Crippen molar-refractivity contribution >= 4 is 23.2 Å². The molecule has 30 heavy (non-hydrogen) atoms. The van der Waals surface area contributed by atoms with Gasteiger partial charge < -0.3 is 14.6 Å². The Hall–Kier alpha value is -2.80. The zero-order valence-corrected chi connectivity index (χ0v) is 17.9. The van der Waals surface area contributed by atoms with Gasteiger partial charge >= 0.3 is 0 Å². The molecule has 0 fully saturated rings. The van der Waals surface area contributed by atoms with E-state index in [0.29, 0.717) is 28.9 Å². The number of aryl methyl sites for hydroxylation is 1. The van der Waals surface area contributed by atoms with Crippen molar-refractivity contribution in [2.45, 2.75) is 45.6 Å². The normalized spacial score (nSPS) is 15.6. The number of methoxy groups -OCH3 is 1. The molecule has 0 bridgehead atoms. The largest absolute Gasteiger partial charge is 0.496 e. The molecule has 0 saturated carbocycles. The van der Waals surface area contributed by atoms with Crippen molar-refractivity contribution in [3.63, 3.8) is 0 Å². The van der Waals surface area contributed by atoms with Crippen LogP contribution in [-0.4, -0.2) is 28.0 Å². The molecule has 1 aliphatic carbocycles. The van der Waals surface area contributed by atoms with Gasteiger partial charge in [0.1, 0.15) is 11.5 Å². The maximum atomic E-state index is 12.8. The van der Waals surface area contributed by atoms with Gasteiger partial charge in [-0.3, -0.25) is 9.48 Å². The number of hydrogen-bond acceptors (Lipinski definition) is 5. The minimum absolute atomic E-state index is 0.267. The average molecular weight is 429 g/mol. The SMILES string of the molecule is CCCC1CCc2onc(C(=O)Nc3cnn(Cc4cc(Cl)ccc4OC)c3)c2C1. The van der Waals surface area contributed by atoms with Crippen LogP contribution in [0.3, 0.4) is 0 Å². The quantitative estimate of drug-likeness (QED) is 0.587. The molecule has 3 aromatic rings. The Morgan fingerprint density at radius 1 is 1.43 bits per heavy atom. The van der Waals surface area contributed by atoms with Crippen molar-refractivity contribution in [3.05, 3.63) is 58.2 Å². The summed E-state index contributed by atoms with van der Waals surface area (Å²) in [7, 11) is 1.62. The van der Waals surface area contributed by atoms with Gasteiger partial charge in [-0.1, -0.05) is 36.5 Å². The minimum atomic E-state index is -0.267. The first-order valence-electron chi connectivity index (χ1n) is 10.2. The van der Waals surface area contributed by atoms with Crippen molar-refractivity contribution in [3.8, 4) is 5.75 Å². The lowest BCUT2D eigenvalue weighted by atomic mass is 9.84. The molecule has 8 heteroatoms. The van der Waals surface area contributed by atoms with E-state index in [1.807, 2.05) is 12.1 Å². The summed E-state index contributed by atoms with van der Waals surface area (Å²) < 4.78 is 12.5. The number of nitrogens with one attached hydrogen (secondary N) is 1. The minimum Gasteiger partial charge on any atom is -0.496 e. The molecule has 1 atom stereocenters. The molecule has 1 amide bonds. The van der Waals surface area contributed by atoms with Gasteiger partial charge in [0.2, 0.25) is 0 Å². The van der Waals surface area contributed by atoms with Crippen molar-refractivity contribution < 1.29 is 14.1 Å². The van der Waals surface area contributed by atoms with Gasteiger partial charge in [-0.15, -0.1) is 0 Å². The number of anilines is 1. The molecule has 2 aromatic heterocycles. The molecule has 0 spiro atoms. The van der Waals surface area contributed by atoms with Crippen LogP contribution in [0.4, 0.5) is 5.69 Å². The summed E-state index contributed by atoms with van der Waals surface area (Å²) in [6, 6.07) is 5.44. The Bertz CT molecular complexity index is 1040. The second-order valence-corrected chi connectivity index (χ2v) is 8.10. The maximum Gasteiger partial charge on any atom is 0.278 e. The predicted molar refractivity (Wildman–Crippen MR) is 114 cm³/mol. The third-order valence-corrected chi connectivity index (χ3v) is 5.76. The van der Waals surface area contributed by atoms with Crippen molar-refractivity contribution in [2.24, 2.45) is 5.92 Å². The van der Waals surface area contributed by atoms with Crippen LogP contribution < -0.4 is 10.1 Å². The standard InChI is InChI=1S/C22H25ClN4O3/c1-3-4-14-5-7-20-18(9-14)21(26-30-20)22(28)25-17-11-24-27(13-17)12-15-10-16(23)6-8-19(15)29-2/h6,8,10-11,13-14H,3-5,7,9,12H2,1-2H3,(H,25,28). The highest BCUT2D eigenvalue weighted by Gasteiger charge is 2.28. The lowest BCUT2D eigenvalue weighted by molar-refractivity contribution is 0.101. The molecule has 0 radical (unpaired) electrons. The second kappa shape index (κ2) is 8.92. The molecule has 2 heterocycles.